The number of rotatable bonds is 39. The maximum Gasteiger partial charge on any atom is 0.334 e. The summed E-state index contributed by atoms with van der Waals surface area (Å²) in [6.45, 7) is 9.32. The molecule has 0 rings (SSSR count). The molecule has 5 heteroatoms. The van der Waals surface area contributed by atoms with Crippen LogP contribution in [0.4, 0.5) is 0 Å². The minimum atomic E-state index is -0.993. The van der Waals surface area contributed by atoms with E-state index in [4.69, 9.17) is 14.6 Å². The molecule has 1 atom stereocenters. The van der Waals surface area contributed by atoms with Gasteiger partial charge in [-0.15, -0.1) is 0 Å². The third-order valence-electron chi connectivity index (χ3n) is 9.83. The number of hydrogen-bond donors (Lipinski definition) is 1. The summed E-state index contributed by atoms with van der Waals surface area (Å²) < 4.78 is 10.3. The van der Waals surface area contributed by atoms with Crippen molar-refractivity contribution in [1.82, 2.24) is 0 Å². The van der Waals surface area contributed by atoms with Crippen LogP contribution in [0.3, 0.4) is 0 Å². The molecule has 1 N–H and O–H groups in total. The molecule has 0 heterocycles. The molecule has 0 bridgehead atoms. The average molecular weight is 711 g/mol. The summed E-state index contributed by atoms with van der Waals surface area (Å²) in [6.07, 6.45) is 45.8. The van der Waals surface area contributed by atoms with Crippen LogP contribution in [0.15, 0.2) is 0 Å². The zero-order valence-corrected chi connectivity index (χ0v) is 34.5. The van der Waals surface area contributed by atoms with E-state index in [0.29, 0.717) is 19.6 Å². The van der Waals surface area contributed by atoms with Crippen molar-refractivity contribution in [3.8, 4) is 0 Å². The first-order valence-electron chi connectivity index (χ1n) is 22.5. The molecule has 0 amide bonds. The normalized spacial score (nSPS) is 11.6. The lowest BCUT2D eigenvalue weighted by Gasteiger charge is -2.06. The molecule has 0 saturated carbocycles. The van der Waals surface area contributed by atoms with Crippen LogP contribution in [-0.4, -0.2) is 36.4 Å². The molecule has 50 heavy (non-hydrogen) atoms. The fraction of sp³-hybridized carbons (Fsp3) is 0.956. The number of aliphatic hydroxyl groups excluding tert-OH is 1. The van der Waals surface area contributed by atoms with Gasteiger partial charge in [0, 0.05) is 6.42 Å². The molecule has 0 aliphatic carbocycles. The summed E-state index contributed by atoms with van der Waals surface area (Å²) in [7, 11) is 0. The summed E-state index contributed by atoms with van der Waals surface area (Å²) in [4.78, 5) is 22.8. The van der Waals surface area contributed by atoms with E-state index in [2.05, 4.69) is 20.8 Å². The van der Waals surface area contributed by atoms with Crippen molar-refractivity contribution in [1.29, 1.82) is 0 Å². The predicted octanol–water partition coefficient (Wildman–Crippen LogP) is 14.5. The summed E-state index contributed by atoms with van der Waals surface area (Å²) >= 11 is 0. The van der Waals surface area contributed by atoms with Crippen molar-refractivity contribution >= 4 is 11.9 Å². The van der Waals surface area contributed by atoms with Gasteiger partial charge in [0.15, 0.2) is 0 Å². The molecule has 0 aromatic carbocycles. The van der Waals surface area contributed by atoms with Crippen molar-refractivity contribution in [2.75, 3.05) is 13.2 Å². The van der Waals surface area contributed by atoms with Crippen molar-refractivity contribution in [3.05, 3.63) is 0 Å². The van der Waals surface area contributed by atoms with E-state index in [1.807, 2.05) is 0 Å². The van der Waals surface area contributed by atoms with Gasteiger partial charge in [-0.2, -0.15) is 0 Å². The van der Waals surface area contributed by atoms with Crippen LogP contribution in [0, 0.1) is 0 Å². The van der Waals surface area contributed by atoms with Crippen molar-refractivity contribution in [2.45, 2.75) is 265 Å². The Morgan fingerprint density at radius 2 is 0.620 bits per heavy atom. The molecule has 300 valence electrons. The summed E-state index contributed by atoms with van der Waals surface area (Å²) in [5.41, 5.74) is 0. The molecule has 0 fully saturated rings. The van der Waals surface area contributed by atoms with E-state index in [-0.39, 0.29) is 5.97 Å². The second-order valence-corrected chi connectivity index (χ2v) is 15.1. The highest BCUT2D eigenvalue weighted by Gasteiger charge is 2.09. The molecular weight excluding hydrogens is 620 g/mol. The third kappa shape index (κ3) is 46.9. The minimum Gasteiger partial charge on any atom is -0.466 e. The molecular formula is C45H90O5. The Kier molecular flexibility index (Phi) is 46.8. The van der Waals surface area contributed by atoms with E-state index in [1.54, 1.807) is 0 Å². The lowest BCUT2D eigenvalue weighted by molar-refractivity contribution is -0.152. The second kappa shape index (κ2) is 45.9. The van der Waals surface area contributed by atoms with Crippen LogP contribution in [0.25, 0.3) is 0 Å². The Balaban J connectivity index is 0. The van der Waals surface area contributed by atoms with Crippen LogP contribution in [0.2, 0.25) is 0 Å². The Morgan fingerprint density at radius 1 is 0.380 bits per heavy atom. The van der Waals surface area contributed by atoms with E-state index in [1.165, 1.54) is 206 Å². The molecule has 0 aliphatic heterocycles. The first-order valence-corrected chi connectivity index (χ1v) is 22.5. The van der Waals surface area contributed by atoms with E-state index >= 15 is 0 Å². The van der Waals surface area contributed by atoms with Gasteiger partial charge >= 0.3 is 11.9 Å². The van der Waals surface area contributed by atoms with Gasteiger partial charge in [0.2, 0.25) is 0 Å². The number of carbonyl (C=O) groups is 2. The van der Waals surface area contributed by atoms with Crippen LogP contribution >= 0.6 is 0 Å². The Bertz CT molecular complexity index is 649. The number of hydrogen-bond acceptors (Lipinski definition) is 5. The quantitative estimate of drug-likeness (QED) is 0.0508. The molecule has 5 nitrogen and oxygen atoms in total. The lowest BCUT2D eigenvalue weighted by atomic mass is 10.1. The lowest BCUT2D eigenvalue weighted by Crippen LogP contribution is -2.19. The van der Waals surface area contributed by atoms with Gasteiger partial charge in [-0.3, -0.25) is 4.79 Å². The SMILES string of the molecule is CCCCCCCCCCCCCCOC(=O)C(C)O.CCCCCCCCCCCCCCOC(=O)CCCCCCCCCCCCC. The van der Waals surface area contributed by atoms with Crippen molar-refractivity contribution < 1.29 is 24.2 Å². The maximum atomic E-state index is 11.8. The van der Waals surface area contributed by atoms with Crippen molar-refractivity contribution in [2.24, 2.45) is 0 Å². The van der Waals surface area contributed by atoms with Crippen LogP contribution in [0.1, 0.15) is 259 Å². The van der Waals surface area contributed by atoms with Gasteiger partial charge in [0.1, 0.15) is 6.10 Å². The van der Waals surface area contributed by atoms with E-state index in [0.717, 1.165) is 25.7 Å². The fourth-order valence-corrected chi connectivity index (χ4v) is 6.37. The highest BCUT2D eigenvalue weighted by atomic mass is 16.5. The largest absolute Gasteiger partial charge is 0.466 e. The smallest absolute Gasteiger partial charge is 0.334 e. The average Bonchev–Trinajstić information content (AvgIpc) is 3.11. The van der Waals surface area contributed by atoms with Crippen molar-refractivity contribution in [3.63, 3.8) is 0 Å². The first-order chi connectivity index (χ1) is 24.5. The second-order valence-electron chi connectivity index (χ2n) is 15.1. The van der Waals surface area contributed by atoms with Gasteiger partial charge in [0.05, 0.1) is 13.2 Å². The zero-order valence-electron chi connectivity index (χ0n) is 34.5. The van der Waals surface area contributed by atoms with Gasteiger partial charge in [-0.05, 0) is 26.2 Å². The monoisotopic (exact) mass is 711 g/mol. The van der Waals surface area contributed by atoms with E-state index in [9.17, 15) is 9.59 Å². The number of unbranched alkanes of at least 4 members (excludes halogenated alkanes) is 32. The molecule has 0 aromatic heterocycles. The maximum absolute atomic E-state index is 11.8. The Hall–Kier alpha value is -1.10. The molecule has 0 spiro atoms. The number of carbonyl (C=O) groups excluding carboxylic acids is 2. The Morgan fingerprint density at radius 3 is 0.900 bits per heavy atom. The summed E-state index contributed by atoms with van der Waals surface area (Å²) in [5, 5.41) is 8.94. The van der Waals surface area contributed by atoms with Gasteiger partial charge in [0.25, 0.3) is 0 Å². The molecule has 0 saturated heterocycles. The van der Waals surface area contributed by atoms with Crippen LogP contribution < -0.4 is 0 Å². The molecule has 0 radical (unpaired) electrons. The van der Waals surface area contributed by atoms with Gasteiger partial charge < -0.3 is 14.6 Å². The topological polar surface area (TPSA) is 72.8 Å². The molecule has 1 unspecified atom stereocenters. The van der Waals surface area contributed by atoms with Gasteiger partial charge in [-0.1, -0.05) is 226 Å². The Labute approximate surface area is 313 Å². The van der Waals surface area contributed by atoms with Crippen LogP contribution in [0.5, 0.6) is 0 Å². The molecule has 0 aromatic rings. The highest BCUT2D eigenvalue weighted by Crippen LogP contribution is 2.15. The number of ether oxygens (including phenoxy) is 2. The van der Waals surface area contributed by atoms with Gasteiger partial charge in [-0.25, -0.2) is 4.79 Å². The highest BCUT2D eigenvalue weighted by molar-refractivity contribution is 5.73. The molecule has 0 aliphatic rings. The van der Waals surface area contributed by atoms with E-state index < -0.39 is 12.1 Å². The number of esters is 2. The standard InChI is InChI=1S/C28H56O2.C17H34O3/c1-3-5-7-9-11-13-15-17-19-21-23-25-27-30-28(29)26-24-22-20-18-16-14-12-10-8-6-4-2;1-3-4-5-6-7-8-9-10-11-12-13-14-15-20-17(19)16(2)18/h3-27H2,1-2H3;16,18H,3-15H2,1-2H3. The fourth-order valence-electron chi connectivity index (χ4n) is 6.37. The third-order valence-corrected chi connectivity index (χ3v) is 9.83. The first kappa shape index (κ1) is 51.0. The summed E-state index contributed by atoms with van der Waals surface area (Å²) in [5.74, 6) is -0.484. The number of aliphatic hydroxyl groups is 1. The minimum absolute atomic E-state index is 0.0222. The zero-order chi connectivity index (χ0) is 37.0. The van der Waals surface area contributed by atoms with Crippen LogP contribution in [-0.2, 0) is 19.1 Å². The predicted molar refractivity (Wildman–Crippen MR) is 217 cm³/mol. The summed E-state index contributed by atoms with van der Waals surface area (Å²) in [6, 6.07) is 0.